The molecule has 2 amide bonds. The molecule has 0 saturated carbocycles. The molecule has 0 aliphatic carbocycles. The fraction of sp³-hybridized carbons (Fsp3) is 0.429. The SMILES string of the molecule is O=C(NC1CCOc2ccccc21)N[C@H](CCO)C(=O)O. The Kier molecular flexibility index (Phi) is 4.99. The molecule has 4 N–H and O–H groups in total. The molecule has 7 heteroatoms. The Balaban J connectivity index is 1.99. The van der Waals surface area contributed by atoms with Crippen LogP contribution in [-0.4, -0.2) is 41.5 Å². The number of para-hydroxylation sites is 1. The summed E-state index contributed by atoms with van der Waals surface area (Å²) in [6.07, 6.45) is 0.579. The minimum Gasteiger partial charge on any atom is -0.493 e. The van der Waals surface area contributed by atoms with Gasteiger partial charge < -0.3 is 25.6 Å². The van der Waals surface area contributed by atoms with Crippen molar-refractivity contribution in [2.24, 2.45) is 0 Å². The number of rotatable bonds is 5. The van der Waals surface area contributed by atoms with Crippen molar-refractivity contribution >= 4 is 12.0 Å². The fourth-order valence-corrected chi connectivity index (χ4v) is 2.24. The minimum atomic E-state index is -1.17. The molecule has 7 nitrogen and oxygen atoms in total. The summed E-state index contributed by atoms with van der Waals surface area (Å²) in [5.41, 5.74) is 0.868. The number of ether oxygens (including phenoxy) is 1. The van der Waals surface area contributed by atoms with E-state index in [0.29, 0.717) is 13.0 Å². The number of carboxylic acid groups (broad SMARTS) is 1. The second-order valence-corrected chi connectivity index (χ2v) is 4.75. The predicted octanol–water partition coefficient (Wildman–Crippen LogP) is 0.645. The average molecular weight is 294 g/mol. The highest BCUT2D eigenvalue weighted by molar-refractivity contribution is 5.82. The van der Waals surface area contributed by atoms with Gasteiger partial charge in [-0.3, -0.25) is 0 Å². The molecular weight excluding hydrogens is 276 g/mol. The van der Waals surface area contributed by atoms with Crippen LogP contribution >= 0.6 is 0 Å². The summed E-state index contributed by atoms with van der Waals surface area (Å²) < 4.78 is 5.49. The van der Waals surface area contributed by atoms with E-state index in [1.807, 2.05) is 24.3 Å². The summed E-state index contributed by atoms with van der Waals surface area (Å²) in [7, 11) is 0. The Morgan fingerprint density at radius 3 is 2.86 bits per heavy atom. The van der Waals surface area contributed by atoms with Crippen molar-refractivity contribution in [2.75, 3.05) is 13.2 Å². The lowest BCUT2D eigenvalue weighted by atomic mass is 10.0. The fourth-order valence-electron chi connectivity index (χ4n) is 2.24. The van der Waals surface area contributed by atoms with Gasteiger partial charge in [0.1, 0.15) is 11.8 Å². The average Bonchev–Trinajstić information content (AvgIpc) is 2.47. The van der Waals surface area contributed by atoms with E-state index >= 15 is 0 Å². The summed E-state index contributed by atoms with van der Waals surface area (Å²) >= 11 is 0. The van der Waals surface area contributed by atoms with Gasteiger partial charge in [-0.1, -0.05) is 18.2 Å². The smallest absolute Gasteiger partial charge is 0.326 e. The maximum atomic E-state index is 11.9. The van der Waals surface area contributed by atoms with Crippen molar-refractivity contribution < 1.29 is 24.5 Å². The molecule has 1 heterocycles. The van der Waals surface area contributed by atoms with Crippen LogP contribution in [0.5, 0.6) is 5.75 Å². The molecule has 21 heavy (non-hydrogen) atoms. The van der Waals surface area contributed by atoms with Gasteiger partial charge in [-0.25, -0.2) is 9.59 Å². The first-order valence-corrected chi connectivity index (χ1v) is 6.74. The molecule has 0 fully saturated rings. The molecule has 2 atom stereocenters. The van der Waals surface area contributed by atoms with Crippen molar-refractivity contribution in [3.05, 3.63) is 29.8 Å². The number of fused-ring (bicyclic) bond motifs is 1. The maximum Gasteiger partial charge on any atom is 0.326 e. The topological polar surface area (TPSA) is 108 Å². The van der Waals surface area contributed by atoms with Crippen LogP contribution in [0.2, 0.25) is 0 Å². The van der Waals surface area contributed by atoms with Crippen LogP contribution < -0.4 is 15.4 Å². The molecule has 0 aromatic heterocycles. The molecule has 0 spiro atoms. The molecule has 0 saturated heterocycles. The van der Waals surface area contributed by atoms with Gasteiger partial charge in [0.15, 0.2) is 0 Å². The van der Waals surface area contributed by atoms with E-state index in [1.54, 1.807) is 0 Å². The van der Waals surface area contributed by atoms with Crippen LogP contribution in [0, 0.1) is 0 Å². The number of nitrogens with one attached hydrogen (secondary N) is 2. The maximum absolute atomic E-state index is 11.9. The highest BCUT2D eigenvalue weighted by Gasteiger charge is 2.25. The van der Waals surface area contributed by atoms with Crippen LogP contribution in [0.3, 0.4) is 0 Å². The van der Waals surface area contributed by atoms with Gasteiger partial charge in [0.05, 0.1) is 12.6 Å². The van der Waals surface area contributed by atoms with Crippen molar-refractivity contribution in [2.45, 2.75) is 24.9 Å². The van der Waals surface area contributed by atoms with Gasteiger partial charge in [0.2, 0.25) is 0 Å². The highest BCUT2D eigenvalue weighted by Crippen LogP contribution is 2.31. The van der Waals surface area contributed by atoms with E-state index in [2.05, 4.69) is 10.6 Å². The lowest BCUT2D eigenvalue weighted by molar-refractivity contribution is -0.139. The number of aliphatic hydroxyl groups excluding tert-OH is 1. The van der Waals surface area contributed by atoms with E-state index in [-0.39, 0.29) is 19.1 Å². The molecule has 2 rings (SSSR count). The first-order chi connectivity index (χ1) is 10.1. The second-order valence-electron chi connectivity index (χ2n) is 4.75. The van der Waals surface area contributed by atoms with E-state index < -0.39 is 18.0 Å². The Morgan fingerprint density at radius 2 is 2.14 bits per heavy atom. The molecule has 1 aliphatic heterocycles. The molecule has 0 bridgehead atoms. The number of urea groups is 1. The molecule has 1 aromatic carbocycles. The molecule has 1 unspecified atom stereocenters. The Hall–Kier alpha value is -2.28. The Labute approximate surface area is 121 Å². The number of amides is 2. The number of carbonyl (C=O) groups excluding carboxylic acids is 1. The number of hydrogen-bond acceptors (Lipinski definition) is 4. The van der Waals surface area contributed by atoms with Crippen molar-refractivity contribution in [1.29, 1.82) is 0 Å². The number of carboxylic acids is 1. The van der Waals surface area contributed by atoms with E-state index in [1.165, 1.54) is 0 Å². The van der Waals surface area contributed by atoms with Crippen LogP contribution in [0.1, 0.15) is 24.4 Å². The first-order valence-electron chi connectivity index (χ1n) is 6.74. The van der Waals surface area contributed by atoms with Gasteiger partial charge in [-0.05, 0) is 6.07 Å². The Bertz CT molecular complexity index is 520. The van der Waals surface area contributed by atoms with Crippen molar-refractivity contribution in [3.8, 4) is 5.75 Å². The zero-order chi connectivity index (χ0) is 15.2. The standard InChI is InChI=1S/C14H18N2O5/c17-7-5-11(13(18)19)16-14(20)15-10-6-8-21-12-4-2-1-3-9(10)12/h1-4,10-11,17H,5-8H2,(H,18,19)(H2,15,16,20)/t10?,11-/m1/s1. The summed E-state index contributed by atoms with van der Waals surface area (Å²) in [5.74, 6) is -0.453. The van der Waals surface area contributed by atoms with Gasteiger partial charge >= 0.3 is 12.0 Å². The molecule has 1 aromatic rings. The summed E-state index contributed by atoms with van der Waals surface area (Å²) in [6, 6.07) is 5.49. The van der Waals surface area contributed by atoms with Gasteiger partial charge in [0, 0.05) is 25.0 Å². The number of carbonyl (C=O) groups is 2. The minimum absolute atomic E-state index is 0.0346. The highest BCUT2D eigenvalue weighted by atomic mass is 16.5. The molecular formula is C14H18N2O5. The zero-order valence-electron chi connectivity index (χ0n) is 11.4. The molecule has 1 aliphatic rings. The predicted molar refractivity (Wildman–Crippen MR) is 74.1 cm³/mol. The molecule has 0 radical (unpaired) electrons. The lowest BCUT2D eigenvalue weighted by Gasteiger charge is -2.27. The zero-order valence-corrected chi connectivity index (χ0v) is 11.4. The lowest BCUT2D eigenvalue weighted by Crippen LogP contribution is -2.47. The largest absolute Gasteiger partial charge is 0.493 e. The van der Waals surface area contributed by atoms with Crippen LogP contribution in [0.15, 0.2) is 24.3 Å². The van der Waals surface area contributed by atoms with Crippen molar-refractivity contribution in [3.63, 3.8) is 0 Å². The van der Waals surface area contributed by atoms with Crippen LogP contribution in [0.25, 0.3) is 0 Å². The quantitative estimate of drug-likeness (QED) is 0.637. The van der Waals surface area contributed by atoms with E-state index in [4.69, 9.17) is 14.9 Å². The number of aliphatic hydroxyl groups is 1. The number of benzene rings is 1. The number of aliphatic carboxylic acids is 1. The normalized spacial score (nSPS) is 18.0. The Morgan fingerprint density at radius 1 is 1.38 bits per heavy atom. The second kappa shape index (κ2) is 6.94. The molecule has 114 valence electrons. The summed E-state index contributed by atoms with van der Waals surface area (Å²) in [4.78, 5) is 22.8. The summed E-state index contributed by atoms with van der Waals surface area (Å²) in [5, 5.41) is 22.8. The van der Waals surface area contributed by atoms with Crippen molar-refractivity contribution in [1.82, 2.24) is 10.6 Å². The third kappa shape index (κ3) is 3.85. The van der Waals surface area contributed by atoms with Gasteiger partial charge in [0.25, 0.3) is 0 Å². The van der Waals surface area contributed by atoms with Gasteiger partial charge in [-0.2, -0.15) is 0 Å². The monoisotopic (exact) mass is 294 g/mol. The first kappa shape index (κ1) is 15.1. The third-order valence-electron chi connectivity index (χ3n) is 3.29. The van der Waals surface area contributed by atoms with Crippen LogP contribution in [0.4, 0.5) is 4.79 Å². The van der Waals surface area contributed by atoms with E-state index in [9.17, 15) is 9.59 Å². The third-order valence-corrected chi connectivity index (χ3v) is 3.29. The van der Waals surface area contributed by atoms with Gasteiger partial charge in [-0.15, -0.1) is 0 Å². The summed E-state index contributed by atoms with van der Waals surface area (Å²) in [6.45, 7) is 0.179. The van der Waals surface area contributed by atoms with Crippen LogP contribution in [-0.2, 0) is 4.79 Å². The van der Waals surface area contributed by atoms with E-state index in [0.717, 1.165) is 11.3 Å². The number of hydrogen-bond donors (Lipinski definition) is 4.